The van der Waals surface area contributed by atoms with Crippen LogP contribution in [0.15, 0.2) is 85.1 Å². The predicted octanol–water partition coefficient (Wildman–Crippen LogP) is 7.94. The predicted molar refractivity (Wildman–Crippen MR) is 147 cm³/mol. The minimum Gasteiger partial charge on any atom is -0.341 e. The normalized spacial score (nSPS) is 14.5. The molecule has 2 amide bonds. The van der Waals surface area contributed by atoms with Crippen LogP contribution >= 0.6 is 11.6 Å². The third kappa shape index (κ3) is 4.94. The molecule has 5 nitrogen and oxygen atoms in total. The molecule has 1 aliphatic rings. The number of benzene rings is 4. The van der Waals surface area contributed by atoms with E-state index >= 15 is 0 Å². The second-order valence-electron chi connectivity index (χ2n) is 9.61. The van der Waals surface area contributed by atoms with Gasteiger partial charge in [-0.3, -0.25) is 14.6 Å². The zero-order chi connectivity index (χ0) is 29.8. The summed E-state index contributed by atoms with van der Waals surface area (Å²) in [7, 11) is 0. The molecule has 0 aliphatic carbocycles. The van der Waals surface area contributed by atoms with E-state index in [0.717, 1.165) is 17.5 Å². The number of pyridine rings is 1. The summed E-state index contributed by atoms with van der Waals surface area (Å²) >= 11 is 6.35. The summed E-state index contributed by atoms with van der Waals surface area (Å²) in [5, 5.41) is 6.18. The van der Waals surface area contributed by atoms with Gasteiger partial charge in [0.2, 0.25) is 0 Å². The van der Waals surface area contributed by atoms with Crippen LogP contribution in [0.25, 0.3) is 22.0 Å². The number of rotatable bonds is 4. The average Bonchev–Trinajstić information content (AvgIpc) is 3.29. The Hall–Kier alpha value is -4.83. The number of anilines is 1. The largest absolute Gasteiger partial charge is 0.416 e. The molecule has 1 aliphatic heterocycles. The van der Waals surface area contributed by atoms with Crippen LogP contribution in [-0.4, -0.2) is 16.8 Å². The van der Waals surface area contributed by atoms with Gasteiger partial charge in [0.1, 0.15) is 11.6 Å². The number of carbonyl (C=O) groups excluding carboxylic acids is 2. The van der Waals surface area contributed by atoms with Crippen molar-refractivity contribution in [2.45, 2.75) is 12.2 Å². The van der Waals surface area contributed by atoms with Gasteiger partial charge in [-0.05, 0) is 71.8 Å². The number of hydrogen-bond acceptors (Lipinski definition) is 3. The fourth-order valence-electron chi connectivity index (χ4n) is 5.10. The van der Waals surface area contributed by atoms with Crippen molar-refractivity contribution >= 4 is 40.0 Å². The molecule has 210 valence electrons. The molecule has 0 bridgehead atoms. The number of halogens is 6. The Morgan fingerprint density at radius 1 is 0.905 bits per heavy atom. The molecule has 0 saturated heterocycles. The minimum absolute atomic E-state index is 0.0369. The van der Waals surface area contributed by atoms with E-state index in [0.29, 0.717) is 28.8 Å². The summed E-state index contributed by atoms with van der Waals surface area (Å²) in [4.78, 5) is 30.9. The molecule has 6 rings (SSSR count). The van der Waals surface area contributed by atoms with Crippen LogP contribution in [0, 0.1) is 11.6 Å². The SMILES string of the molecule is O=C(Nc1cc(-c2cccc3ncccc23)cc2c1C(c1cc(F)ccc1Cl)NC2=O)c1cc(F)cc(C(F)(F)F)c1. The summed E-state index contributed by atoms with van der Waals surface area (Å²) in [6.07, 6.45) is -3.27. The van der Waals surface area contributed by atoms with E-state index < -0.39 is 46.8 Å². The molecule has 5 aromatic rings. The first-order chi connectivity index (χ1) is 20.0. The number of carbonyl (C=O) groups is 2. The van der Waals surface area contributed by atoms with Crippen molar-refractivity contribution in [3.63, 3.8) is 0 Å². The third-order valence-electron chi connectivity index (χ3n) is 6.95. The maximum atomic E-state index is 14.2. The van der Waals surface area contributed by atoms with Gasteiger partial charge in [0.15, 0.2) is 0 Å². The maximum absolute atomic E-state index is 14.2. The van der Waals surface area contributed by atoms with Gasteiger partial charge in [-0.25, -0.2) is 8.78 Å². The molecule has 1 atom stereocenters. The van der Waals surface area contributed by atoms with Crippen molar-refractivity contribution in [1.82, 2.24) is 10.3 Å². The minimum atomic E-state index is -4.89. The number of nitrogens with zero attached hydrogens (tertiary/aromatic N) is 1. The second kappa shape index (κ2) is 10.2. The van der Waals surface area contributed by atoms with Crippen LogP contribution in [0.1, 0.15) is 43.4 Å². The molecule has 0 spiro atoms. The average molecular weight is 594 g/mol. The Morgan fingerprint density at radius 3 is 2.50 bits per heavy atom. The quantitative estimate of drug-likeness (QED) is 0.208. The highest BCUT2D eigenvalue weighted by Gasteiger charge is 2.36. The number of aromatic nitrogens is 1. The summed E-state index contributed by atoms with van der Waals surface area (Å²) in [5.41, 5.74) is 0.461. The monoisotopic (exact) mass is 593 g/mol. The summed E-state index contributed by atoms with van der Waals surface area (Å²) in [6.45, 7) is 0. The molecule has 1 aromatic heterocycles. The van der Waals surface area contributed by atoms with Crippen molar-refractivity contribution in [3.05, 3.63) is 130 Å². The molecule has 42 heavy (non-hydrogen) atoms. The van der Waals surface area contributed by atoms with Gasteiger partial charge in [0.05, 0.1) is 17.1 Å². The van der Waals surface area contributed by atoms with Gasteiger partial charge in [0.25, 0.3) is 11.8 Å². The standard InChI is InChI=1S/C31H17ClF5N3O2/c32-24-7-6-18(33)14-22(24)28-27-23(30(42)40-28)11-15(20-3-1-5-25-21(20)4-2-8-38-25)12-26(27)39-29(41)16-9-17(31(35,36)37)13-19(34)10-16/h1-14,28H,(H,39,41)(H,40,42). The lowest BCUT2D eigenvalue weighted by Gasteiger charge is -2.19. The Labute approximate surface area is 240 Å². The van der Waals surface area contributed by atoms with Gasteiger partial charge in [-0.1, -0.05) is 29.8 Å². The summed E-state index contributed by atoms with van der Waals surface area (Å²) < 4.78 is 68.4. The Bertz CT molecular complexity index is 1920. The van der Waals surface area contributed by atoms with Crippen LogP contribution in [0.2, 0.25) is 5.02 Å². The van der Waals surface area contributed by atoms with E-state index in [1.807, 2.05) is 6.07 Å². The van der Waals surface area contributed by atoms with Crippen LogP contribution in [0.3, 0.4) is 0 Å². The third-order valence-corrected chi connectivity index (χ3v) is 7.29. The van der Waals surface area contributed by atoms with Crippen molar-refractivity contribution < 1.29 is 31.5 Å². The highest BCUT2D eigenvalue weighted by Crippen LogP contribution is 2.43. The van der Waals surface area contributed by atoms with E-state index in [1.165, 1.54) is 6.07 Å². The first-order valence-electron chi connectivity index (χ1n) is 12.5. The van der Waals surface area contributed by atoms with Gasteiger partial charge in [-0.15, -0.1) is 0 Å². The van der Waals surface area contributed by atoms with E-state index in [4.69, 9.17) is 11.6 Å². The molecule has 2 N–H and O–H groups in total. The number of alkyl halides is 3. The molecule has 2 heterocycles. The Kier molecular flexibility index (Phi) is 6.65. The van der Waals surface area contributed by atoms with Crippen LogP contribution < -0.4 is 10.6 Å². The molecule has 11 heteroatoms. The fourth-order valence-corrected chi connectivity index (χ4v) is 5.32. The van der Waals surface area contributed by atoms with Crippen LogP contribution in [-0.2, 0) is 6.18 Å². The molecule has 4 aromatic carbocycles. The molecule has 0 fully saturated rings. The van der Waals surface area contributed by atoms with Gasteiger partial charge < -0.3 is 10.6 Å². The lowest BCUT2D eigenvalue weighted by molar-refractivity contribution is -0.137. The smallest absolute Gasteiger partial charge is 0.341 e. The first kappa shape index (κ1) is 27.3. The van der Waals surface area contributed by atoms with E-state index in [2.05, 4.69) is 15.6 Å². The summed E-state index contributed by atoms with van der Waals surface area (Å²) in [5.74, 6) is -3.47. The molecular formula is C31H17ClF5N3O2. The fraction of sp³-hybridized carbons (Fsp3) is 0.0645. The van der Waals surface area contributed by atoms with Crippen LogP contribution in [0.5, 0.6) is 0 Å². The number of hydrogen-bond donors (Lipinski definition) is 2. The molecule has 1 unspecified atom stereocenters. The first-order valence-corrected chi connectivity index (χ1v) is 12.8. The van der Waals surface area contributed by atoms with Gasteiger partial charge >= 0.3 is 6.18 Å². The maximum Gasteiger partial charge on any atom is 0.416 e. The highest BCUT2D eigenvalue weighted by atomic mass is 35.5. The number of nitrogens with one attached hydrogen (secondary N) is 2. The van der Waals surface area contributed by atoms with E-state index in [1.54, 1.807) is 42.6 Å². The Balaban J connectivity index is 1.54. The van der Waals surface area contributed by atoms with E-state index in [9.17, 15) is 31.5 Å². The molecular weight excluding hydrogens is 577 g/mol. The highest BCUT2D eigenvalue weighted by molar-refractivity contribution is 6.31. The molecule has 0 saturated carbocycles. The summed E-state index contributed by atoms with van der Waals surface area (Å²) in [6, 6.07) is 16.1. The second-order valence-corrected chi connectivity index (χ2v) is 10.0. The van der Waals surface area contributed by atoms with E-state index in [-0.39, 0.29) is 33.5 Å². The van der Waals surface area contributed by atoms with Crippen molar-refractivity contribution in [1.29, 1.82) is 0 Å². The lowest BCUT2D eigenvalue weighted by Crippen LogP contribution is -2.21. The van der Waals surface area contributed by atoms with Gasteiger partial charge in [0, 0.05) is 44.5 Å². The number of amides is 2. The van der Waals surface area contributed by atoms with Crippen LogP contribution in [0.4, 0.5) is 27.6 Å². The zero-order valence-electron chi connectivity index (χ0n) is 21.2. The van der Waals surface area contributed by atoms with Gasteiger partial charge in [-0.2, -0.15) is 13.2 Å². The number of fused-ring (bicyclic) bond motifs is 2. The topological polar surface area (TPSA) is 71.1 Å². The zero-order valence-corrected chi connectivity index (χ0v) is 21.9. The molecule has 0 radical (unpaired) electrons. The Morgan fingerprint density at radius 2 is 1.71 bits per heavy atom. The van der Waals surface area contributed by atoms with Crippen molar-refractivity contribution in [2.24, 2.45) is 0 Å². The van der Waals surface area contributed by atoms with Crippen molar-refractivity contribution in [2.75, 3.05) is 5.32 Å². The van der Waals surface area contributed by atoms with Crippen molar-refractivity contribution in [3.8, 4) is 11.1 Å². The lowest BCUT2D eigenvalue weighted by atomic mass is 9.91.